The van der Waals surface area contributed by atoms with Gasteiger partial charge in [-0.2, -0.15) is 8.78 Å². The minimum absolute atomic E-state index is 0.107. The predicted molar refractivity (Wildman–Crippen MR) is 103 cm³/mol. The first-order valence-electron chi connectivity index (χ1n) is 8.46. The molecular formula is C18H15F2N3O5S. The van der Waals surface area contributed by atoms with Gasteiger partial charge in [-0.15, -0.1) is 0 Å². The highest BCUT2D eigenvalue weighted by molar-refractivity contribution is 7.99. The molecule has 0 bridgehead atoms. The number of nitro groups is 1. The van der Waals surface area contributed by atoms with E-state index in [9.17, 15) is 28.5 Å². The Morgan fingerprint density at radius 2 is 1.97 bits per heavy atom. The van der Waals surface area contributed by atoms with Crippen LogP contribution in [0.1, 0.15) is 12.8 Å². The topological polar surface area (TPSA) is 107 Å². The van der Waals surface area contributed by atoms with Crippen LogP contribution in [0.2, 0.25) is 0 Å². The van der Waals surface area contributed by atoms with Crippen molar-refractivity contribution >= 4 is 40.1 Å². The molecule has 0 aliphatic carbocycles. The van der Waals surface area contributed by atoms with E-state index in [-0.39, 0.29) is 30.1 Å². The van der Waals surface area contributed by atoms with Gasteiger partial charge in [0.05, 0.1) is 16.5 Å². The number of halogens is 2. The Balaban J connectivity index is 1.57. The van der Waals surface area contributed by atoms with Crippen LogP contribution in [-0.4, -0.2) is 21.2 Å². The summed E-state index contributed by atoms with van der Waals surface area (Å²) >= 11 is 0.418. The van der Waals surface area contributed by atoms with Crippen molar-refractivity contribution in [2.45, 2.75) is 30.0 Å². The number of anilines is 1. The Hall–Kier alpha value is -3.21. The van der Waals surface area contributed by atoms with Gasteiger partial charge in [0.2, 0.25) is 5.91 Å². The molecule has 3 rings (SSSR count). The fourth-order valence-electron chi connectivity index (χ4n) is 2.72. The predicted octanol–water partition coefficient (Wildman–Crippen LogP) is 4.24. The number of carbonyl (C=O) groups excluding carboxylic acids is 1. The number of carbonyl (C=O) groups is 1. The molecule has 2 aromatic carbocycles. The van der Waals surface area contributed by atoms with Crippen LogP contribution in [0.25, 0.3) is 11.1 Å². The maximum atomic E-state index is 12.3. The molecular weight excluding hydrogens is 408 g/mol. The molecule has 0 saturated heterocycles. The van der Waals surface area contributed by atoms with Gasteiger partial charge in [-0.05, 0) is 36.8 Å². The summed E-state index contributed by atoms with van der Waals surface area (Å²) in [5.41, 5.74) is 0.811. The summed E-state index contributed by atoms with van der Waals surface area (Å²) in [7, 11) is 0. The molecule has 0 saturated carbocycles. The average molecular weight is 423 g/mol. The molecule has 0 atom stereocenters. The fourth-order valence-corrected chi connectivity index (χ4v) is 3.22. The van der Waals surface area contributed by atoms with E-state index >= 15 is 0 Å². The number of nitrogens with zero attached hydrogens (tertiary/aromatic N) is 2. The second kappa shape index (κ2) is 8.86. The lowest BCUT2D eigenvalue weighted by molar-refractivity contribution is -0.384. The summed E-state index contributed by atoms with van der Waals surface area (Å²) < 4.78 is 30.9. The molecule has 152 valence electrons. The van der Waals surface area contributed by atoms with Crippen molar-refractivity contribution in [3.63, 3.8) is 0 Å². The van der Waals surface area contributed by atoms with Gasteiger partial charge in [0.25, 0.3) is 11.4 Å². The van der Waals surface area contributed by atoms with Crippen molar-refractivity contribution in [2.24, 2.45) is 0 Å². The molecule has 0 aliphatic rings. The number of fused-ring (bicyclic) bond motifs is 1. The number of oxazole rings is 1. The van der Waals surface area contributed by atoms with Gasteiger partial charge in [-0.25, -0.2) is 4.79 Å². The highest BCUT2D eigenvalue weighted by Gasteiger charge is 2.14. The zero-order valence-corrected chi connectivity index (χ0v) is 15.7. The minimum Gasteiger partial charge on any atom is -0.407 e. The molecule has 29 heavy (non-hydrogen) atoms. The van der Waals surface area contributed by atoms with Crippen LogP contribution in [0.15, 0.2) is 56.6 Å². The molecule has 1 amide bonds. The molecule has 0 radical (unpaired) electrons. The maximum Gasteiger partial charge on any atom is 0.419 e. The van der Waals surface area contributed by atoms with E-state index in [0.29, 0.717) is 34.3 Å². The van der Waals surface area contributed by atoms with Crippen molar-refractivity contribution in [1.82, 2.24) is 4.57 Å². The van der Waals surface area contributed by atoms with Crippen molar-refractivity contribution in [2.75, 3.05) is 5.32 Å². The number of aromatic nitrogens is 1. The van der Waals surface area contributed by atoms with Crippen molar-refractivity contribution < 1.29 is 22.9 Å². The monoisotopic (exact) mass is 423 g/mol. The normalized spacial score (nSPS) is 11.1. The SMILES string of the molecule is O=C(CCCn1c(=O)oc2cc([N+](=O)[O-])ccc21)Nc1ccc(SC(F)F)cc1. The number of hydrogen-bond donors (Lipinski definition) is 1. The molecule has 3 aromatic rings. The number of non-ortho nitro benzene ring substituents is 1. The molecule has 8 nitrogen and oxygen atoms in total. The summed E-state index contributed by atoms with van der Waals surface area (Å²) in [6, 6.07) is 9.92. The van der Waals surface area contributed by atoms with E-state index in [1.54, 1.807) is 0 Å². The van der Waals surface area contributed by atoms with Crippen LogP contribution in [0.3, 0.4) is 0 Å². The number of rotatable bonds is 8. The molecule has 1 N–H and O–H groups in total. The number of aryl methyl sites for hydroxylation is 1. The first-order valence-corrected chi connectivity index (χ1v) is 9.34. The molecule has 1 heterocycles. The highest BCUT2D eigenvalue weighted by atomic mass is 32.2. The maximum absolute atomic E-state index is 12.3. The number of thioether (sulfide) groups is 1. The molecule has 11 heteroatoms. The van der Waals surface area contributed by atoms with Crippen LogP contribution < -0.4 is 11.1 Å². The third-order valence-electron chi connectivity index (χ3n) is 4.01. The summed E-state index contributed by atoms with van der Waals surface area (Å²) in [4.78, 5) is 34.6. The van der Waals surface area contributed by atoms with Crippen LogP contribution in [0, 0.1) is 10.1 Å². The van der Waals surface area contributed by atoms with E-state index in [1.165, 1.54) is 47.0 Å². The van der Waals surface area contributed by atoms with Crippen molar-refractivity contribution in [3.05, 3.63) is 63.1 Å². The molecule has 0 aliphatic heterocycles. The number of alkyl halides is 2. The van der Waals surface area contributed by atoms with Gasteiger partial charge >= 0.3 is 5.76 Å². The lowest BCUT2D eigenvalue weighted by Gasteiger charge is -2.07. The Morgan fingerprint density at radius 3 is 2.62 bits per heavy atom. The van der Waals surface area contributed by atoms with Crippen LogP contribution >= 0.6 is 11.8 Å². The first kappa shape index (κ1) is 20.5. The van der Waals surface area contributed by atoms with E-state index in [0.717, 1.165) is 0 Å². The van der Waals surface area contributed by atoms with Gasteiger partial charge in [0, 0.05) is 29.6 Å². The molecule has 0 fully saturated rings. The number of benzene rings is 2. The summed E-state index contributed by atoms with van der Waals surface area (Å²) in [6.07, 6.45) is 0.441. The number of nitrogens with one attached hydrogen (secondary N) is 1. The lowest BCUT2D eigenvalue weighted by atomic mass is 10.2. The summed E-state index contributed by atoms with van der Waals surface area (Å²) in [5, 5.41) is 13.5. The summed E-state index contributed by atoms with van der Waals surface area (Å²) in [6.45, 7) is 0.195. The minimum atomic E-state index is -2.51. The number of hydrogen-bond acceptors (Lipinski definition) is 6. The Kier molecular flexibility index (Phi) is 6.27. The Labute approximate surface area is 166 Å². The average Bonchev–Trinajstić information content (AvgIpc) is 2.97. The lowest BCUT2D eigenvalue weighted by Crippen LogP contribution is -2.17. The highest BCUT2D eigenvalue weighted by Crippen LogP contribution is 2.26. The zero-order chi connectivity index (χ0) is 21.0. The second-order valence-corrected chi connectivity index (χ2v) is 7.05. The van der Waals surface area contributed by atoms with E-state index in [2.05, 4.69) is 5.32 Å². The Morgan fingerprint density at radius 1 is 1.24 bits per heavy atom. The molecule has 0 spiro atoms. The van der Waals surface area contributed by atoms with Gasteiger partial charge in [-0.1, -0.05) is 11.8 Å². The first-order chi connectivity index (χ1) is 13.8. The quantitative estimate of drug-likeness (QED) is 0.330. The van der Waals surface area contributed by atoms with Gasteiger partial charge < -0.3 is 9.73 Å². The van der Waals surface area contributed by atoms with Gasteiger partial charge in [-0.3, -0.25) is 19.5 Å². The standard InChI is InChI=1S/C18H15F2N3O5S/c19-17(20)29-13-6-3-11(4-7-13)21-16(24)2-1-9-22-14-8-5-12(23(26)27)10-15(14)28-18(22)25/h3-8,10,17H,1-2,9H2,(H,21,24). The van der Waals surface area contributed by atoms with E-state index in [4.69, 9.17) is 4.42 Å². The van der Waals surface area contributed by atoms with Crippen molar-refractivity contribution in [1.29, 1.82) is 0 Å². The fraction of sp³-hybridized carbons (Fsp3) is 0.222. The largest absolute Gasteiger partial charge is 0.419 e. The number of amides is 1. The Bertz CT molecular complexity index is 1100. The van der Waals surface area contributed by atoms with E-state index in [1.807, 2.05) is 0 Å². The second-order valence-electron chi connectivity index (χ2n) is 5.98. The smallest absolute Gasteiger partial charge is 0.407 e. The third kappa shape index (κ3) is 5.19. The van der Waals surface area contributed by atoms with E-state index < -0.39 is 16.4 Å². The van der Waals surface area contributed by atoms with Crippen LogP contribution in [0.4, 0.5) is 20.2 Å². The summed E-state index contributed by atoms with van der Waals surface area (Å²) in [5.74, 6) is -3.47. The molecule has 0 unspecified atom stereocenters. The van der Waals surface area contributed by atoms with Gasteiger partial charge in [0.15, 0.2) is 5.58 Å². The van der Waals surface area contributed by atoms with Crippen molar-refractivity contribution in [3.8, 4) is 0 Å². The van der Waals surface area contributed by atoms with Crippen LogP contribution in [0.5, 0.6) is 0 Å². The van der Waals surface area contributed by atoms with Crippen LogP contribution in [-0.2, 0) is 11.3 Å². The third-order valence-corrected chi connectivity index (χ3v) is 4.73. The molecule has 1 aromatic heterocycles. The number of nitro benzene ring substituents is 1. The zero-order valence-electron chi connectivity index (χ0n) is 14.8. The van der Waals surface area contributed by atoms with Gasteiger partial charge in [0.1, 0.15) is 0 Å².